The molecule has 1 atom stereocenters. The average molecular weight is 274 g/mol. The van der Waals surface area contributed by atoms with Crippen molar-refractivity contribution in [1.82, 2.24) is 0 Å². The van der Waals surface area contributed by atoms with Crippen molar-refractivity contribution in [2.75, 3.05) is 5.32 Å². The molecule has 0 fully saturated rings. The third-order valence-corrected chi connectivity index (χ3v) is 3.31. The smallest absolute Gasteiger partial charge is 0.288 e. The lowest BCUT2D eigenvalue weighted by Gasteiger charge is -2.21. The first-order valence-corrected chi connectivity index (χ1v) is 6.38. The highest BCUT2D eigenvalue weighted by Gasteiger charge is 2.25. The van der Waals surface area contributed by atoms with Gasteiger partial charge in [-0.1, -0.05) is 18.7 Å². The Morgan fingerprint density at radius 3 is 2.44 bits per heavy atom. The Balaban J connectivity index is 2.67. The largest absolute Gasteiger partial charge is 0.325 e. The summed E-state index contributed by atoms with van der Waals surface area (Å²) < 4.78 is 24.2. The summed E-state index contributed by atoms with van der Waals surface area (Å²) in [6.45, 7) is 3.46. The molecular formula is C12H16F2N2OS. The normalized spacial score (nSPS) is 14.3. The third kappa shape index (κ3) is 4.27. The molecule has 0 aromatic heterocycles. The number of carbonyl (C=O) groups excluding carboxylic acids is 1. The first-order chi connectivity index (χ1) is 8.35. The average Bonchev–Trinajstić information content (AvgIpc) is 2.31. The van der Waals surface area contributed by atoms with Gasteiger partial charge in [0.25, 0.3) is 5.76 Å². The zero-order valence-corrected chi connectivity index (χ0v) is 11.1. The van der Waals surface area contributed by atoms with E-state index in [1.807, 2.05) is 6.92 Å². The number of hydrogen-bond acceptors (Lipinski definition) is 3. The minimum atomic E-state index is -2.45. The molecule has 18 heavy (non-hydrogen) atoms. The van der Waals surface area contributed by atoms with Crippen LogP contribution in [-0.4, -0.2) is 17.2 Å². The summed E-state index contributed by atoms with van der Waals surface area (Å²) >= 11 is 0.465. The van der Waals surface area contributed by atoms with Crippen LogP contribution in [0, 0.1) is 0 Å². The van der Waals surface area contributed by atoms with Gasteiger partial charge in [-0.15, -0.1) is 0 Å². The maximum atomic E-state index is 12.1. The van der Waals surface area contributed by atoms with Crippen LogP contribution < -0.4 is 11.1 Å². The Morgan fingerprint density at radius 1 is 1.44 bits per heavy atom. The lowest BCUT2D eigenvalue weighted by atomic mass is 9.99. The zero-order valence-electron chi connectivity index (χ0n) is 10.2. The molecule has 0 saturated carbocycles. The van der Waals surface area contributed by atoms with Crippen molar-refractivity contribution in [2.45, 2.75) is 36.5 Å². The minimum absolute atomic E-state index is 0.292. The first kappa shape index (κ1) is 14.9. The Kier molecular flexibility index (Phi) is 5.10. The van der Waals surface area contributed by atoms with Crippen LogP contribution in [0.1, 0.15) is 20.3 Å². The lowest BCUT2D eigenvalue weighted by Crippen LogP contribution is -2.47. The van der Waals surface area contributed by atoms with E-state index in [1.54, 1.807) is 19.1 Å². The van der Waals surface area contributed by atoms with Crippen LogP contribution in [0.15, 0.2) is 29.2 Å². The number of rotatable bonds is 5. The molecule has 0 aliphatic carbocycles. The minimum Gasteiger partial charge on any atom is -0.325 e. The van der Waals surface area contributed by atoms with E-state index in [0.29, 0.717) is 28.8 Å². The second-order valence-electron chi connectivity index (χ2n) is 4.13. The standard InChI is InChI=1S/C12H16F2N2OS/c1-3-12(2,15)10(17)16-8-4-6-9(7-5-8)18-11(13)14/h4-7,11H,3,15H2,1-2H3,(H,16,17). The quantitative estimate of drug-likeness (QED) is 0.811. The second kappa shape index (κ2) is 6.15. The Labute approximate surface area is 109 Å². The predicted molar refractivity (Wildman–Crippen MR) is 69.8 cm³/mol. The van der Waals surface area contributed by atoms with Crippen molar-refractivity contribution in [3.8, 4) is 0 Å². The fourth-order valence-electron chi connectivity index (χ4n) is 1.15. The van der Waals surface area contributed by atoms with Gasteiger partial charge in [0.2, 0.25) is 5.91 Å². The molecule has 0 radical (unpaired) electrons. The van der Waals surface area contributed by atoms with E-state index in [2.05, 4.69) is 5.32 Å². The maximum absolute atomic E-state index is 12.1. The first-order valence-electron chi connectivity index (χ1n) is 5.50. The molecule has 100 valence electrons. The highest BCUT2D eigenvalue weighted by Crippen LogP contribution is 2.26. The molecule has 0 spiro atoms. The molecule has 1 rings (SSSR count). The summed E-state index contributed by atoms with van der Waals surface area (Å²) in [6, 6.07) is 6.22. The van der Waals surface area contributed by atoms with Crippen LogP contribution in [0.2, 0.25) is 0 Å². The van der Waals surface area contributed by atoms with E-state index < -0.39 is 11.3 Å². The van der Waals surface area contributed by atoms with E-state index >= 15 is 0 Å². The van der Waals surface area contributed by atoms with Gasteiger partial charge in [0.15, 0.2) is 0 Å². The van der Waals surface area contributed by atoms with Crippen molar-refractivity contribution in [3.63, 3.8) is 0 Å². The molecule has 0 bridgehead atoms. The van der Waals surface area contributed by atoms with Crippen molar-refractivity contribution >= 4 is 23.4 Å². The van der Waals surface area contributed by atoms with Crippen molar-refractivity contribution < 1.29 is 13.6 Å². The Morgan fingerprint density at radius 2 is 2.00 bits per heavy atom. The van der Waals surface area contributed by atoms with Gasteiger partial charge in [0, 0.05) is 10.6 Å². The number of amides is 1. The van der Waals surface area contributed by atoms with E-state index in [1.165, 1.54) is 12.1 Å². The maximum Gasteiger partial charge on any atom is 0.288 e. The highest BCUT2D eigenvalue weighted by atomic mass is 32.2. The third-order valence-electron chi connectivity index (χ3n) is 2.59. The molecule has 3 N–H and O–H groups in total. The van der Waals surface area contributed by atoms with Crippen LogP contribution in [-0.2, 0) is 4.79 Å². The molecule has 1 aromatic carbocycles. The van der Waals surface area contributed by atoms with Gasteiger partial charge < -0.3 is 11.1 Å². The van der Waals surface area contributed by atoms with Gasteiger partial charge in [-0.05, 0) is 37.6 Å². The monoisotopic (exact) mass is 274 g/mol. The van der Waals surface area contributed by atoms with E-state index in [0.717, 1.165) is 0 Å². The number of thioether (sulfide) groups is 1. The fourth-order valence-corrected chi connectivity index (χ4v) is 1.65. The number of halogens is 2. The van der Waals surface area contributed by atoms with Gasteiger partial charge in [0.1, 0.15) is 0 Å². The van der Waals surface area contributed by atoms with Crippen LogP contribution in [0.25, 0.3) is 0 Å². The van der Waals surface area contributed by atoms with Gasteiger partial charge >= 0.3 is 0 Å². The van der Waals surface area contributed by atoms with Gasteiger partial charge in [-0.2, -0.15) is 8.78 Å². The molecule has 3 nitrogen and oxygen atoms in total. The Hall–Kier alpha value is -1.14. The molecule has 0 heterocycles. The highest BCUT2D eigenvalue weighted by molar-refractivity contribution is 7.99. The molecule has 1 unspecified atom stereocenters. The van der Waals surface area contributed by atoms with Crippen LogP contribution in [0.3, 0.4) is 0 Å². The molecule has 1 amide bonds. The van der Waals surface area contributed by atoms with Crippen LogP contribution in [0.4, 0.5) is 14.5 Å². The summed E-state index contributed by atoms with van der Waals surface area (Å²) in [6.07, 6.45) is 0.512. The second-order valence-corrected chi connectivity index (χ2v) is 5.19. The number of anilines is 1. The number of carbonyl (C=O) groups is 1. The van der Waals surface area contributed by atoms with Crippen molar-refractivity contribution in [3.05, 3.63) is 24.3 Å². The molecular weight excluding hydrogens is 258 g/mol. The van der Waals surface area contributed by atoms with E-state index in [-0.39, 0.29) is 5.91 Å². The summed E-state index contributed by atoms with van der Waals surface area (Å²) in [5, 5.41) is 2.65. The summed E-state index contributed by atoms with van der Waals surface area (Å²) in [7, 11) is 0. The van der Waals surface area contributed by atoms with Gasteiger partial charge in [-0.3, -0.25) is 4.79 Å². The molecule has 1 aromatic rings. The topological polar surface area (TPSA) is 55.1 Å². The van der Waals surface area contributed by atoms with Crippen LogP contribution in [0.5, 0.6) is 0 Å². The Bertz CT molecular complexity index is 407. The molecule has 6 heteroatoms. The summed E-state index contributed by atoms with van der Waals surface area (Å²) in [5.41, 5.74) is 5.40. The molecule has 0 aliphatic heterocycles. The fraction of sp³-hybridized carbons (Fsp3) is 0.417. The van der Waals surface area contributed by atoms with Crippen molar-refractivity contribution in [1.29, 1.82) is 0 Å². The zero-order chi connectivity index (χ0) is 13.8. The number of benzene rings is 1. The molecule has 0 saturated heterocycles. The lowest BCUT2D eigenvalue weighted by molar-refractivity contribution is -0.120. The number of nitrogens with one attached hydrogen (secondary N) is 1. The molecule has 0 aliphatic rings. The van der Waals surface area contributed by atoms with Crippen molar-refractivity contribution in [2.24, 2.45) is 5.73 Å². The number of nitrogens with two attached hydrogens (primary N) is 1. The van der Waals surface area contributed by atoms with E-state index in [9.17, 15) is 13.6 Å². The summed E-state index contributed by atoms with van der Waals surface area (Å²) in [5.74, 6) is -2.74. The van der Waals surface area contributed by atoms with Gasteiger partial charge in [0.05, 0.1) is 5.54 Å². The predicted octanol–water partition coefficient (Wildman–Crippen LogP) is 3.07. The number of alkyl halides is 2. The number of hydrogen-bond donors (Lipinski definition) is 2. The summed E-state index contributed by atoms with van der Waals surface area (Å²) in [4.78, 5) is 12.2. The SMILES string of the molecule is CCC(C)(N)C(=O)Nc1ccc(SC(F)F)cc1. The van der Waals surface area contributed by atoms with Crippen LogP contribution >= 0.6 is 11.8 Å². The van der Waals surface area contributed by atoms with E-state index in [4.69, 9.17) is 5.73 Å². The van der Waals surface area contributed by atoms with Gasteiger partial charge in [-0.25, -0.2) is 0 Å².